The van der Waals surface area contributed by atoms with Crippen molar-refractivity contribution in [3.8, 4) is 0 Å². The SMILES string of the molecule is CC(N)C1CCCCN1Cc1cc(F)cc(Cl)c1. The molecule has 1 saturated heterocycles. The summed E-state index contributed by atoms with van der Waals surface area (Å²) < 4.78 is 13.3. The van der Waals surface area contributed by atoms with Gasteiger partial charge in [-0.1, -0.05) is 18.0 Å². The Bertz CT molecular complexity index is 389. The zero-order valence-electron chi connectivity index (χ0n) is 10.7. The molecule has 2 unspecified atom stereocenters. The molecule has 0 aromatic heterocycles. The molecule has 4 heteroatoms. The summed E-state index contributed by atoms with van der Waals surface area (Å²) in [4.78, 5) is 2.35. The molecule has 2 atom stereocenters. The molecule has 0 amide bonds. The summed E-state index contributed by atoms with van der Waals surface area (Å²) in [6, 6.07) is 5.26. The molecule has 2 N–H and O–H groups in total. The minimum Gasteiger partial charge on any atom is -0.327 e. The third-order valence-corrected chi connectivity index (χ3v) is 3.80. The first-order valence-corrected chi connectivity index (χ1v) is 6.88. The minimum atomic E-state index is -0.271. The van der Waals surface area contributed by atoms with Gasteiger partial charge in [0.25, 0.3) is 0 Å². The number of benzene rings is 1. The van der Waals surface area contributed by atoms with Crippen LogP contribution in [0, 0.1) is 5.82 Å². The van der Waals surface area contributed by atoms with Gasteiger partial charge in [-0.2, -0.15) is 0 Å². The fourth-order valence-electron chi connectivity index (χ4n) is 2.75. The molecule has 18 heavy (non-hydrogen) atoms. The highest BCUT2D eigenvalue weighted by atomic mass is 35.5. The van der Waals surface area contributed by atoms with E-state index in [1.165, 1.54) is 18.9 Å². The van der Waals surface area contributed by atoms with Crippen molar-refractivity contribution in [1.29, 1.82) is 0 Å². The van der Waals surface area contributed by atoms with Gasteiger partial charge in [-0.05, 0) is 50.1 Å². The quantitative estimate of drug-likeness (QED) is 0.914. The van der Waals surface area contributed by atoms with Crippen LogP contribution in [0.15, 0.2) is 18.2 Å². The highest BCUT2D eigenvalue weighted by Gasteiger charge is 2.25. The molecule has 1 aliphatic heterocycles. The fraction of sp³-hybridized carbons (Fsp3) is 0.571. The van der Waals surface area contributed by atoms with Crippen LogP contribution in [0.2, 0.25) is 5.02 Å². The Morgan fingerprint density at radius 2 is 2.22 bits per heavy atom. The van der Waals surface area contributed by atoms with Crippen molar-refractivity contribution >= 4 is 11.6 Å². The van der Waals surface area contributed by atoms with Gasteiger partial charge in [0.05, 0.1) is 0 Å². The third kappa shape index (κ3) is 3.44. The molecule has 0 aliphatic carbocycles. The summed E-state index contributed by atoms with van der Waals surface area (Å²) in [5, 5.41) is 0.458. The van der Waals surface area contributed by atoms with E-state index >= 15 is 0 Å². The van der Waals surface area contributed by atoms with E-state index in [2.05, 4.69) is 4.90 Å². The van der Waals surface area contributed by atoms with Crippen molar-refractivity contribution in [3.05, 3.63) is 34.6 Å². The van der Waals surface area contributed by atoms with Crippen molar-refractivity contribution in [1.82, 2.24) is 4.90 Å². The Kier molecular flexibility index (Phi) is 4.60. The topological polar surface area (TPSA) is 29.3 Å². The lowest BCUT2D eigenvalue weighted by molar-refractivity contribution is 0.123. The zero-order chi connectivity index (χ0) is 13.1. The standard InChI is InChI=1S/C14H20ClFN2/c1-10(17)14-4-2-3-5-18(14)9-11-6-12(15)8-13(16)7-11/h6-8,10,14H,2-5,9,17H2,1H3. The molecule has 1 aromatic rings. The van der Waals surface area contributed by atoms with Gasteiger partial charge in [0.15, 0.2) is 0 Å². The average Bonchev–Trinajstić information content (AvgIpc) is 2.27. The maximum atomic E-state index is 13.3. The number of hydrogen-bond acceptors (Lipinski definition) is 2. The molecule has 1 aliphatic rings. The number of halogens is 2. The number of hydrogen-bond donors (Lipinski definition) is 1. The van der Waals surface area contributed by atoms with Crippen LogP contribution < -0.4 is 5.73 Å². The molecule has 1 fully saturated rings. The Balaban J connectivity index is 2.10. The number of piperidine rings is 1. The highest BCUT2D eigenvalue weighted by molar-refractivity contribution is 6.30. The van der Waals surface area contributed by atoms with Crippen LogP contribution in [0.5, 0.6) is 0 Å². The lowest BCUT2D eigenvalue weighted by Gasteiger charge is -2.38. The number of likely N-dealkylation sites (tertiary alicyclic amines) is 1. The second-order valence-electron chi connectivity index (χ2n) is 5.17. The van der Waals surface area contributed by atoms with Gasteiger partial charge in [-0.3, -0.25) is 4.90 Å². The molecule has 1 aromatic carbocycles. The molecular weight excluding hydrogens is 251 g/mol. The van der Waals surface area contributed by atoms with Crippen LogP contribution in [-0.4, -0.2) is 23.5 Å². The van der Waals surface area contributed by atoms with Crippen LogP contribution in [0.3, 0.4) is 0 Å². The molecule has 0 bridgehead atoms. The van der Waals surface area contributed by atoms with Gasteiger partial charge in [0, 0.05) is 23.7 Å². The number of nitrogens with two attached hydrogens (primary N) is 1. The van der Waals surface area contributed by atoms with Gasteiger partial charge in [-0.15, -0.1) is 0 Å². The summed E-state index contributed by atoms with van der Waals surface area (Å²) in [6.07, 6.45) is 3.54. The normalized spacial score (nSPS) is 23.0. The lowest BCUT2D eigenvalue weighted by Crippen LogP contribution is -2.48. The zero-order valence-corrected chi connectivity index (χ0v) is 11.5. The summed E-state index contributed by atoms with van der Waals surface area (Å²) in [5.41, 5.74) is 6.95. The Morgan fingerprint density at radius 3 is 2.89 bits per heavy atom. The molecule has 0 spiro atoms. The minimum absolute atomic E-state index is 0.148. The van der Waals surface area contributed by atoms with Crippen molar-refractivity contribution in [2.45, 2.75) is 44.8 Å². The molecule has 2 nitrogen and oxygen atoms in total. The Morgan fingerprint density at radius 1 is 1.44 bits per heavy atom. The van der Waals surface area contributed by atoms with Gasteiger partial charge >= 0.3 is 0 Å². The maximum Gasteiger partial charge on any atom is 0.125 e. The first kappa shape index (κ1) is 13.8. The average molecular weight is 271 g/mol. The van der Waals surface area contributed by atoms with E-state index in [1.807, 2.05) is 13.0 Å². The molecule has 1 heterocycles. The fourth-order valence-corrected chi connectivity index (χ4v) is 2.99. The second kappa shape index (κ2) is 6.00. The largest absolute Gasteiger partial charge is 0.327 e. The third-order valence-electron chi connectivity index (χ3n) is 3.58. The number of rotatable bonds is 3. The molecule has 0 saturated carbocycles. The van der Waals surface area contributed by atoms with Crippen molar-refractivity contribution in [3.63, 3.8) is 0 Å². The summed E-state index contributed by atoms with van der Waals surface area (Å²) in [6.45, 7) is 3.80. The second-order valence-corrected chi connectivity index (χ2v) is 5.61. The highest BCUT2D eigenvalue weighted by Crippen LogP contribution is 2.23. The van der Waals surface area contributed by atoms with Crippen LogP contribution in [0.4, 0.5) is 4.39 Å². The van der Waals surface area contributed by atoms with E-state index in [-0.39, 0.29) is 11.9 Å². The van der Waals surface area contributed by atoms with Crippen molar-refractivity contribution in [2.75, 3.05) is 6.54 Å². The Labute approximate surface area is 113 Å². The Hall–Kier alpha value is -0.640. The first-order chi connectivity index (χ1) is 8.56. The lowest BCUT2D eigenvalue weighted by atomic mass is 9.96. The van der Waals surface area contributed by atoms with E-state index in [0.29, 0.717) is 11.1 Å². The molecule has 100 valence electrons. The van der Waals surface area contributed by atoms with Gasteiger partial charge in [0.2, 0.25) is 0 Å². The van der Waals surface area contributed by atoms with Gasteiger partial charge in [-0.25, -0.2) is 4.39 Å². The molecular formula is C14H20ClFN2. The van der Waals surface area contributed by atoms with E-state index in [0.717, 1.165) is 25.1 Å². The van der Waals surface area contributed by atoms with Crippen molar-refractivity contribution < 1.29 is 4.39 Å². The maximum absolute atomic E-state index is 13.3. The van der Waals surface area contributed by atoms with E-state index in [9.17, 15) is 4.39 Å². The predicted molar refractivity (Wildman–Crippen MR) is 73.1 cm³/mol. The number of nitrogens with zero attached hydrogens (tertiary/aromatic N) is 1. The van der Waals surface area contributed by atoms with Crippen LogP contribution >= 0.6 is 11.6 Å². The predicted octanol–water partition coefficient (Wildman–Crippen LogP) is 3.18. The summed E-state index contributed by atoms with van der Waals surface area (Å²) in [5.74, 6) is -0.271. The van der Waals surface area contributed by atoms with E-state index < -0.39 is 0 Å². The van der Waals surface area contributed by atoms with E-state index in [4.69, 9.17) is 17.3 Å². The first-order valence-electron chi connectivity index (χ1n) is 6.51. The molecule has 2 rings (SSSR count). The monoisotopic (exact) mass is 270 g/mol. The smallest absolute Gasteiger partial charge is 0.125 e. The van der Waals surface area contributed by atoms with E-state index in [1.54, 1.807) is 6.07 Å². The van der Waals surface area contributed by atoms with Crippen molar-refractivity contribution in [2.24, 2.45) is 5.73 Å². The summed E-state index contributed by atoms with van der Waals surface area (Å²) >= 11 is 5.88. The molecule has 0 radical (unpaired) electrons. The van der Waals surface area contributed by atoms with Gasteiger partial charge in [0.1, 0.15) is 5.82 Å². The van der Waals surface area contributed by atoms with Crippen LogP contribution in [0.1, 0.15) is 31.7 Å². The van der Waals surface area contributed by atoms with Crippen LogP contribution in [0.25, 0.3) is 0 Å². The van der Waals surface area contributed by atoms with Crippen LogP contribution in [-0.2, 0) is 6.54 Å². The summed E-state index contributed by atoms with van der Waals surface area (Å²) in [7, 11) is 0. The van der Waals surface area contributed by atoms with Gasteiger partial charge < -0.3 is 5.73 Å².